The molecule has 1 aromatic carbocycles. The molecule has 1 aromatic rings. The highest BCUT2D eigenvalue weighted by molar-refractivity contribution is 5.75. The summed E-state index contributed by atoms with van der Waals surface area (Å²) in [4.78, 5) is 13.4. The van der Waals surface area contributed by atoms with Crippen LogP contribution >= 0.6 is 0 Å². The van der Waals surface area contributed by atoms with Gasteiger partial charge >= 0.3 is 5.97 Å². The van der Waals surface area contributed by atoms with Crippen LogP contribution in [0.4, 0.5) is 0 Å². The quantitative estimate of drug-likeness (QED) is 0.839. The summed E-state index contributed by atoms with van der Waals surface area (Å²) in [5.41, 5.74) is 2.07. The first-order chi connectivity index (χ1) is 10.1. The van der Waals surface area contributed by atoms with Crippen molar-refractivity contribution in [3.63, 3.8) is 0 Å². The number of nitrogens with zero attached hydrogens (tertiary/aromatic N) is 1. The fourth-order valence-corrected chi connectivity index (χ4v) is 2.69. The SMILES string of the molecule is CCN(Cc1ccc(C(C)C(=O)O)cc1)CC1CCCO1. The van der Waals surface area contributed by atoms with Crippen LogP contribution in [0.1, 0.15) is 43.7 Å². The van der Waals surface area contributed by atoms with Gasteiger partial charge in [-0.2, -0.15) is 0 Å². The van der Waals surface area contributed by atoms with Gasteiger partial charge in [0, 0.05) is 19.7 Å². The van der Waals surface area contributed by atoms with Crippen molar-refractivity contribution >= 4 is 5.97 Å². The lowest BCUT2D eigenvalue weighted by atomic mass is 10.00. The highest BCUT2D eigenvalue weighted by Crippen LogP contribution is 2.18. The van der Waals surface area contributed by atoms with Crippen molar-refractivity contribution in [1.29, 1.82) is 0 Å². The molecule has 1 fully saturated rings. The van der Waals surface area contributed by atoms with E-state index in [1.165, 1.54) is 12.0 Å². The molecule has 116 valence electrons. The van der Waals surface area contributed by atoms with E-state index >= 15 is 0 Å². The molecule has 4 heteroatoms. The summed E-state index contributed by atoms with van der Waals surface area (Å²) in [5.74, 6) is -1.23. The van der Waals surface area contributed by atoms with Crippen molar-refractivity contribution in [3.8, 4) is 0 Å². The van der Waals surface area contributed by atoms with Crippen LogP contribution in [0.3, 0.4) is 0 Å². The lowest BCUT2D eigenvalue weighted by Crippen LogP contribution is -2.31. The maximum Gasteiger partial charge on any atom is 0.310 e. The van der Waals surface area contributed by atoms with Gasteiger partial charge in [-0.25, -0.2) is 0 Å². The van der Waals surface area contributed by atoms with Crippen LogP contribution in [0.15, 0.2) is 24.3 Å². The highest BCUT2D eigenvalue weighted by Gasteiger charge is 2.19. The number of ether oxygens (including phenoxy) is 1. The number of benzene rings is 1. The number of carboxylic acid groups (broad SMARTS) is 1. The molecule has 1 saturated heterocycles. The Hall–Kier alpha value is -1.39. The largest absolute Gasteiger partial charge is 0.481 e. The summed E-state index contributed by atoms with van der Waals surface area (Å²) in [7, 11) is 0. The lowest BCUT2D eigenvalue weighted by molar-refractivity contribution is -0.138. The first-order valence-electron chi connectivity index (χ1n) is 7.75. The zero-order chi connectivity index (χ0) is 15.2. The topological polar surface area (TPSA) is 49.8 Å². The predicted molar refractivity (Wildman–Crippen MR) is 82.4 cm³/mol. The van der Waals surface area contributed by atoms with Crippen LogP contribution in [0, 0.1) is 0 Å². The van der Waals surface area contributed by atoms with Crippen LogP contribution in [0.5, 0.6) is 0 Å². The Bertz CT molecular complexity index is 452. The van der Waals surface area contributed by atoms with Gasteiger partial charge in [-0.05, 0) is 37.4 Å². The Morgan fingerprint density at radius 1 is 1.43 bits per heavy atom. The molecule has 0 spiro atoms. The number of aliphatic carboxylic acids is 1. The molecule has 0 amide bonds. The summed E-state index contributed by atoms with van der Waals surface area (Å²) in [5, 5.41) is 9.03. The van der Waals surface area contributed by atoms with Crippen LogP contribution in [-0.4, -0.2) is 41.8 Å². The van der Waals surface area contributed by atoms with E-state index in [-0.39, 0.29) is 0 Å². The summed E-state index contributed by atoms with van der Waals surface area (Å²) in [6.07, 6.45) is 2.70. The van der Waals surface area contributed by atoms with Gasteiger partial charge in [-0.15, -0.1) is 0 Å². The first kappa shape index (κ1) is 16.0. The van der Waals surface area contributed by atoms with Crippen LogP contribution < -0.4 is 0 Å². The average molecular weight is 291 g/mol. The molecule has 21 heavy (non-hydrogen) atoms. The molecule has 1 aliphatic heterocycles. The predicted octanol–water partition coefficient (Wildman–Crippen LogP) is 2.88. The Balaban J connectivity index is 1.92. The number of carboxylic acids is 1. The van der Waals surface area contributed by atoms with Gasteiger partial charge in [0.15, 0.2) is 0 Å². The molecule has 2 atom stereocenters. The van der Waals surface area contributed by atoms with E-state index in [4.69, 9.17) is 9.84 Å². The summed E-state index contributed by atoms with van der Waals surface area (Å²) in [6, 6.07) is 7.92. The minimum atomic E-state index is -0.781. The molecule has 4 nitrogen and oxygen atoms in total. The van der Waals surface area contributed by atoms with Gasteiger partial charge in [0.2, 0.25) is 0 Å². The van der Waals surface area contributed by atoms with E-state index in [2.05, 4.69) is 11.8 Å². The average Bonchev–Trinajstić information content (AvgIpc) is 2.99. The Labute approximate surface area is 126 Å². The molecule has 1 aliphatic rings. The maximum absolute atomic E-state index is 11.0. The van der Waals surface area contributed by atoms with Gasteiger partial charge in [0.25, 0.3) is 0 Å². The first-order valence-corrected chi connectivity index (χ1v) is 7.75. The molecule has 0 aliphatic carbocycles. The Morgan fingerprint density at radius 2 is 2.14 bits per heavy atom. The second-order valence-electron chi connectivity index (χ2n) is 5.76. The Kier molecular flexibility index (Phi) is 5.76. The van der Waals surface area contributed by atoms with Crippen molar-refractivity contribution in [2.75, 3.05) is 19.7 Å². The number of likely N-dealkylation sites (N-methyl/N-ethyl adjacent to an activating group) is 1. The van der Waals surface area contributed by atoms with Crippen molar-refractivity contribution in [3.05, 3.63) is 35.4 Å². The van der Waals surface area contributed by atoms with Crippen LogP contribution in [0.25, 0.3) is 0 Å². The molecule has 0 aromatic heterocycles. The molecule has 2 rings (SSSR count). The summed E-state index contributed by atoms with van der Waals surface area (Å²) >= 11 is 0. The van der Waals surface area contributed by atoms with E-state index in [1.54, 1.807) is 6.92 Å². The van der Waals surface area contributed by atoms with Crippen molar-refractivity contribution in [1.82, 2.24) is 4.90 Å². The third kappa shape index (κ3) is 4.55. The van der Waals surface area contributed by atoms with E-state index in [1.807, 2.05) is 24.3 Å². The highest BCUT2D eigenvalue weighted by atomic mass is 16.5. The fourth-order valence-electron chi connectivity index (χ4n) is 2.69. The van der Waals surface area contributed by atoms with Gasteiger partial charge < -0.3 is 9.84 Å². The van der Waals surface area contributed by atoms with Crippen molar-refractivity contribution in [2.45, 2.75) is 45.3 Å². The smallest absolute Gasteiger partial charge is 0.310 e. The zero-order valence-electron chi connectivity index (χ0n) is 12.9. The molecular weight excluding hydrogens is 266 g/mol. The molecule has 1 heterocycles. The number of hydrogen-bond donors (Lipinski definition) is 1. The third-order valence-corrected chi connectivity index (χ3v) is 4.19. The van der Waals surface area contributed by atoms with Gasteiger partial charge in [-0.1, -0.05) is 31.2 Å². The summed E-state index contributed by atoms with van der Waals surface area (Å²) < 4.78 is 5.69. The minimum Gasteiger partial charge on any atom is -0.481 e. The van der Waals surface area contributed by atoms with Gasteiger partial charge in [-0.3, -0.25) is 9.69 Å². The number of hydrogen-bond acceptors (Lipinski definition) is 3. The molecule has 0 radical (unpaired) electrons. The van der Waals surface area contributed by atoms with Crippen molar-refractivity contribution < 1.29 is 14.6 Å². The summed E-state index contributed by atoms with van der Waals surface area (Å²) in [6.45, 7) is 7.63. The second kappa shape index (κ2) is 7.57. The lowest BCUT2D eigenvalue weighted by Gasteiger charge is -2.23. The van der Waals surface area contributed by atoms with Crippen LogP contribution in [-0.2, 0) is 16.1 Å². The van der Waals surface area contributed by atoms with Gasteiger partial charge in [0.05, 0.1) is 12.0 Å². The zero-order valence-corrected chi connectivity index (χ0v) is 12.9. The monoisotopic (exact) mass is 291 g/mol. The van der Waals surface area contributed by atoms with E-state index in [9.17, 15) is 4.79 Å². The second-order valence-corrected chi connectivity index (χ2v) is 5.76. The van der Waals surface area contributed by atoms with Crippen molar-refractivity contribution in [2.24, 2.45) is 0 Å². The molecule has 0 bridgehead atoms. The fraction of sp³-hybridized carbons (Fsp3) is 0.588. The van der Waals surface area contributed by atoms with E-state index < -0.39 is 11.9 Å². The van der Waals surface area contributed by atoms with E-state index in [0.29, 0.717) is 6.10 Å². The molecule has 2 unspecified atom stereocenters. The third-order valence-electron chi connectivity index (χ3n) is 4.19. The standard InChI is InChI=1S/C17H25NO3/c1-3-18(12-16-5-4-10-21-16)11-14-6-8-15(9-7-14)13(2)17(19)20/h6-9,13,16H,3-5,10-12H2,1-2H3,(H,19,20). The normalized spacial score (nSPS) is 19.9. The molecule has 0 saturated carbocycles. The maximum atomic E-state index is 11.0. The van der Waals surface area contributed by atoms with Gasteiger partial charge in [0.1, 0.15) is 0 Å². The number of carbonyl (C=O) groups is 1. The number of rotatable bonds is 7. The molecular formula is C17H25NO3. The Morgan fingerprint density at radius 3 is 2.67 bits per heavy atom. The molecule has 1 N–H and O–H groups in total. The van der Waals surface area contributed by atoms with Crippen LogP contribution in [0.2, 0.25) is 0 Å². The minimum absolute atomic E-state index is 0.372. The van der Waals surface area contributed by atoms with E-state index in [0.717, 1.165) is 38.2 Å².